The molecule has 0 amide bonds. The molecule has 0 aliphatic carbocycles. The van der Waals surface area contributed by atoms with Crippen LogP contribution in [0.25, 0.3) is 10.1 Å². The highest BCUT2D eigenvalue weighted by atomic mass is 32.2. The van der Waals surface area contributed by atoms with E-state index in [0.717, 1.165) is 33.7 Å². The van der Waals surface area contributed by atoms with Gasteiger partial charge in [0.25, 0.3) is 5.56 Å². The summed E-state index contributed by atoms with van der Waals surface area (Å²) in [6.45, 7) is 13.5. The fourth-order valence-corrected chi connectivity index (χ4v) is 5.28. The van der Waals surface area contributed by atoms with Crippen molar-refractivity contribution in [2.24, 2.45) is 5.92 Å². The first-order valence-corrected chi connectivity index (χ1v) is 10.6. The van der Waals surface area contributed by atoms with Crippen LogP contribution < -0.4 is 5.56 Å². The summed E-state index contributed by atoms with van der Waals surface area (Å²) in [5.74, 6) is 1.56. The van der Waals surface area contributed by atoms with Crippen LogP contribution in [0, 0.1) is 5.92 Å². The molecule has 136 valence electrons. The van der Waals surface area contributed by atoms with Crippen molar-refractivity contribution in [3.8, 4) is 0 Å². The molecule has 0 aromatic carbocycles. The molecule has 3 rings (SSSR count). The first-order valence-electron chi connectivity index (χ1n) is 8.81. The first-order chi connectivity index (χ1) is 11.9. The molecule has 1 aliphatic rings. The lowest BCUT2D eigenvalue weighted by Crippen LogP contribution is -2.34. The van der Waals surface area contributed by atoms with Gasteiger partial charge in [-0.15, -0.1) is 29.7 Å². The van der Waals surface area contributed by atoms with Gasteiger partial charge in [-0.3, -0.25) is 4.79 Å². The summed E-state index contributed by atoms with van der Waals surface area (Å²) in [7, 11) is 0. The van der Waals surface area contributed by atoms with Gasteiger partial charge in [0.15, 0.2) is 0 Å². The second-order valence-corrected chi connectivity index (χ2v) is 9.38. The predicted octanol–water partition coefficient (Wildman–Crippen LogP) is 4.63. The maximum Gasteiger partial charge on any atom is 0.276 e. The van der Waals surface area contributed by atoms with E-state index in [-0.39, 0.29) is 11.2 Å². The zero-order valence-electron chi connectivity index (χ0n) is 15.4. The average Bonchev–Trinajstić information content (AvgIpc) is 2.95. The van der Waals surface area contributed by atoms with Gasteiger partial charge in [-0.2, -0.15) is 5.10 Å². The number of thiophene rings is 1. The van der Waals surface area contributed by atoms with Crippen molar-refractivity contribution in [3.05, 3.63) is 33.4 Å². The maximum atomic E-state index is 13.1. The van der Waals surface area contributed by atoms with Gasteiger partial charge >= 0.3 is 0 Å². The fraction of sp³-hybridized carbons (Fsp3) is 0.579. The Morgan fingerprint density at radius 3 is 2.92 bits per heavy atom. The number of nitrogens with zero attached hydrogens (tertiary/aromatic N) is 2. The lowest BCUT2D eigenvalue weighted by molar-refractivity contribution is -0.0543. The third-order valence-corrected chi connectivity index (χ3v) is 7.38. The van der Waals surface area contributed by atoms with Gasteiger partial charge in [0.05, 0.1) is 28.8 Å². The zero-order valence-corrected chi connectivity index (χ0v) is 17.1. The number of rotatable bonds is 6. The van der Waals surface area contributed by atoms with Gasteiger partial charge < -0.3 is 4.74 Å². The highest BCUT2D eigenvalue weighted by Crippen LogP contribution is 2.41. The number of hydrogen-bond acceptors (Lipinski definition) is 5. The van der Waals surface area contributed by atoms with E-state index in [1.807, 2.05) is 0 Å². The van der Waals surface area contributed by atoms with Gasteiger partial charge in [0.2, 0.25) is 0 Å². The van der Waals surface area contributed by atoms with E-state index in [2.05, 4.69) is 39.4 Å². The average molecular weight is 379 g/mol. The van der Waals surface area contributed by atoms with Crippen LogP contribution in [0.2, 0.25) is 0 Å². The first kappa shape index (κ1) is 18.7. The van der Waals surface area contributed by atoms with Crippen LogP contribution in [0.4, 0.5) is 0 Å². The second kappa shape index (κ2) is 7.25. The summed E-state index contributed by atoms with van der Waals surface area (Å²) >= 11 is 3.42. The van der Waals surface area contributed by atoms with Crippen molar-refractivity contribution in [1.82, 2.24) is 9.78 Å². The van der Waals surface area contributed by atoms with Crippen molar-refractivity contribution in [2.75, 3.05) is 5.75 Å². The molecule has 0 spiro atoms. The summed E-state index contributed by atoms with van der Waals surface area (Å²) in [5, 5.41) is 6.44. The second-order valence-electron chi connectivity index (χ2n) is 7.26. The van der Waals surface area contributed by atoms with Gasteiger partial charge in [0.1, 0.15) is 5.03 Å². The number of hydrogen-bond donors (Lipinski definition) is 0. The van der Waals surface area contributed by atoms with Crippen LogP contribution in [-0.4, -0.2) is 21.1 Å². The minimum atomic E-state index is -0.189. The molecule has 1 atom stereocenters. The van der Waals surface area contributed by atoms with Crippen LogP contribution in [0.3, 0.4) is 0 Å². The fourth-order valence-electron chi connectivity index (χ4n) is 3.00. The molecule has 0 fully saturated rings. The minimum Gasteiger partial charge on any atom is -0.369 e. The van der Waals surface area contributed by atoms with E-state index in [9.17, 15) is 4.79 Å². The molecule has 0 bridgehead atoms. The Hall–Kier alpha value is -1.11. The summed E-state index contributed by atoms with van der Waals surface area (Å²) in [6.07, 6.45) is 3.46. The third-order valence-electron chi connectivity index (χ3n) is 4.65. The molecule has 0 saturated heterocycles. The van der Waals surface area contributed by atoms with Crippen molar-refractivity contribution in [3.63, 3.8) is 0 Å². The summed E-state index contributed by atoms with van der Waals surface area (Å²) in [6, 6.07) is 0. The smallest absolute Gasteiger partial charge is 0.276 e. The molecule has 0 radical (unpaired) electrons. The van der Waals surface area contributed by atoms with Gasteiger partial charge in [-0.25, -0.2) is 4.68 Å². The molecule has 25 heavy (non-hydrogen) atoms. The van der Waals surface area contributed by atoms with Crippen molar-refractivity contribution in [1.29, 1.82) is 0 Å². The lowest BCUT2D eigenvalue weighted by atomic mass is 9.90. The highest BCUT2D eigenvalue weighted by Gasteiger charge is 2.33. The number of ether oxygens (including phenoxy) is 1. The summed E-state index contributed by atoms with van der Waals surface area (Å²) < 4.78 is 8.68. The molecule has 0 saturated carbocycles. The molecule has 4 nitrogen and oxygen atoms in total. The molecule has 1 unspecified atom stereocenters. The van der Waals surface area contributed by atoms with Crippen LogP contribution >= 0.6 is 23.1 Å². The SMILES string of the molecule is C=CCn1nc(SCC(C)C)c2sc3c(c2c1=O)CC(C)(CC)OC3. The molecule has 0 N–H and O–H groups in total. The van der Waals surface area contributed by atoms with E-state index in [1.54, 1.807) is 33.9 Å². The number of aromatic nitrogens is 2. The largest absolute Gasteiger partial charge is 0.369 e. The lowest BCUT2D eigenvalue weighted by Gasteiger charge is -2.32. The molecular formula is C19H26N2O2S2. The predicted molar refractivity (Wildman–Crippen MR) is 107 cm³/mol. The molecular weight excluding hydrogens is 352 g/mol. The quantitative estimate of drug-likeness (QED) is 0.543. The normalized spacial score (nSPS) is 20.2. The summed E-state index contributed by atoms with van der Waals surface area (Å²) in [5.41, 5.74) is 0.986. The Labute approximate surface area is 157 Å². The van der Waals surface area contributed by atoms with E-state index in [0.29, 0.717) is 19.1 Å². The van der Waals surface area contributed by atoms with Crippen LogP contribution in [-0.2, 0) is 24.3 Å². The minimum absolute atomic E-state index is 0.00153. The van der Waals surface area contributed by atoms with Crippen molar-refractivity contribution in [2.45, 2.75) is 64.3 Å². The molecule has 2 aromatic rings. The zero-order chi connectivity index (χ0) is 18.2. The van der Waals surface area contributed by atoms with Gasteiger partial charge in [0, 0.05) is 17.1 Å². The Kier molecular flexibility index (Phi) is 5.42. The third kappa shape index (κ3) is 3.57. The Morgan fingerprint density at radius 2 is 2.28 bits per heavy atom. The molecule has 1 aliphatic heterocycles. The Bertz CT molecular complexity index is 853. The molecule has 2 aromatic heterocycles. The van der Waals surface area contributed by atoms with Crippen LogP contribution in [0.1, 0.15) is 44.6 Å². The maximum absolute atomic E-state index is 13.1. The topological polar surface area (TPSA) is 44.1 Å². The van der Waals surface area contributed by atoms with E-state index in [1.165, 1.54) is 10.4 Å². The van der Waals surface area contributed by atoms with E-state index < -0.39 is 0 Å². The van der Waals surface area contributed by atoms with Crippen molar-refractivity contribution >= 4 is 33.2 Å². The summed E-state index contributed by atoms with van der Waals surface area (Å²) in [4.78, 5) is 14.2. The van der Waals surface area contributed by atoms with Crippen molar-refractivity contribution < 1.29 is 4.74 Å². The standard InChI is InChI=1S/C19H26N2O2S2/c1-6-8-21-18(22)15-13-9-19(5,7-2)23-10-14(13)25-16(15)17(20-21)24-11-12(3)4/h6,12H,1,7-11H2,2-5H3. The van der Waals surface area contributed by atoms with Gasteiger partial charge in [-0.1, -0.05) is 26.8 Å². The number of thioether (sulfide) groups is 1. The Balaban J connectivity index is 2.19. The monoisotopic (exact) mass is 378 g/mol. The van der Waals surface area contributed by atoms with E-state index >= 15 is 0 Å². The van der Waals surface area contributed by atoms with Gasteiger partial charge in [-0.05, 0) is 24.8 Å². The molecule has 6 heteroatoms. The number of allylic oxidation sites excluding steroid dienone is 1. The molecule has 3 heterocycles. The van der Waals surface area contributed by atoms with Crippen LogP contribution in [0.15, 0.2) is 22.5 Å². The Morgan fingerprint density at radius 1 is 1.52 bits per heavy atom. The van der Waals surface area contributed by atoms with Crippen LogP contribution in [0.5, 0.6) is 0 Å². The highest BCUT2D eigenvalue weighted by molar-refractivity contribution is 7.99. The number of fused-ring (bicyclic) bond motifs is 3. The van der Waals surface area contributed by atoms with E-state index in [4.69, 9.17) is 4.74 Å².